The minimum atomic E-state index is -2.96. The SMILES string of the molecule is CCS(=O)(=O)Cc1ncc(CNC(C)C)s1. The van der Waals surface area contributed by atoms with Crippen LogP contribution < -0.4 is 5.32 Å². The second-order valence-corrected chi connectivity index (χ2v) is 7.49. The Bertz CT molecular complexity index is 424. The molecule has 0 bridgehead atoms. The van der Waals surface area contributed by atoms with Gasteiger partial charge in [-0.2, -0.15) is 0 Å². The molecule has 0 spiro atoms. The van der Waals surface area contributed by atoms with Crippen LogP contribution in [0.15, 0.2) is 6.20 Å². The van der Waals surface area contributed by atoms with Gasteiger partial charge in [-0.15, -0.1) is 11.3 Å². The Labute approximate surface area is 101 Å². The van der Waals surface area contributed by atoms with Crippen LogP contribution in [0.1, 0.15) is 30.7 Å². The van der Waals surface area contributed by atoms with Crippen LogP contribution >= 0.6 is 11.3 Å². The normalized spacial score (nSPS) is 12.2. The lowest BCUT2D eigenvalue weighted by Crippen LogP contribution is -2.21. The quantitative estimate of drug-likeness (QED) is 0.845. The van der Waals surface area contributed by atoms with Gasteiger partial charge in [0.15, 0.2) is 9.84 Å². The number of aromatic nitrogens is 1. The first kappa shape index (κ1) is 13.6. The highest BCUT2D eigenvalue weighted by Gasteiger charge is 2.12. The summed E-state index contributed by atoms with van der Waals surface area (Å²) in [4.78, 5) is 5.21. The van der Waals surface area contributed by atoms with E-state index in [4.69, 9.17) is 0 Å². The number of thiazole rings is 1. The molecule has 4 nitrogen and oxygen atoms in total. The summed E-state index contributed by atoms with van der Waals surface area (Å²) in [5.74, 6) is 0.238. The summed E-state index contributed by atoms with van der Waals surface area (Å²) in [5.41, 5.74) is 0. The summed E-state index contributed by atoms with van der Waals surface area (Å²) in [5, 5.41) is 3.96. The van der Waals surface area contributed by atoms with E-state index < -0.39 is 9.84 Å². The van der Waals surface area contributed by atoms with E-state index in [9.17, 15) is 8.42 Å². The van der Waals surface area contributed by atoms with Crippen LogP contribution in [0.3, 0.4) is 0 Å². The van der Waals surface area contributed by atoms with Crippen molar-refractivity contribution in [3.63, 3.8) is 0 Å². The summed E-state index contributed by atoms with van der Waals surface area (Å²) in [6.07, 6.45) is 1.75. The highest BCUT2D eigenvalue weighted by atomic mass is 32.2. The topological polar surface area (TPSA) is 59.1 Å². The molecular weight excluding hydrogens is 244 g/mol. The Kier molecular flexibility index (Phi) is 4.89. The van der Waals surface area contributed by atoms with Crippen LogP contribution in [0.2, 0.25) is 0 Å². The average molecular weight is 262 g/mol. The van der Waals surface area contributed by atoms with Gasteiger partial charge < -0.3 is 5.32 Å². The van der Waals surface area contributed by atoms with Gasteiger partial charge in [0.2, 0.25) is 0 Å². The molecule has 6 heteroatoms. The van der Waals surface area contributed by atoms with Crippen molar-refractivity contribution >= 4 is 21.2 Å². The van der Waals surface area contributed by atoms with Crippen molar-refractivity contribution in [1.82, 2.24) is 10.3 Å². The lowest BCUT2D eigenvalue weighted by molar-refractivity contribution is 0.593. The van der Waals surface area contributed by atoms with Gasteiger partial charge >= 0.3 is 0 Å². The second-order valence-electron chi connectivity index (χ2n) is 3.93. The molecule has 1 heterocycles. The molecule has 0 aromatic carbocycles. The first-order valence-electron chi connectivity index (χ1n) is 5.30. The number of hydrogen-bond donors (Lipinski definition) is 1. The zero-order valence-electron chi connectivity index (χ0n) is 9.86. The number of nitrogens with zero attached hydrogens (tertiary/aromatic N) is 1. The molecule has 0 aliphatic rings. The summed E-state index contributed by atoms with van der Waals surface area (Å²) in [6.45, 7) is 6.55. The molecule has 0 amide bonds. The zero-order chi connectivity index (χ0) is 12.2. The van der Waals surface area contributed by atoms with E-state index in [1.165, 1.54) is 11.3 Å². The maximum atomic E-state index is 11.4. The largest absolute Gasteiger partial charge is 0.310 e. The highest BCUT2D eigenvalue weighted by Crippen LogP contribution is 2.15. The van der Waals surface area contributed by atoms with Gasteiger partial charge in [0.1, 0.15) is 10.8 Å². The summed E-state index contributed by atoms with van der Waals surface area (Å²) < 4.78 is 22.8. The van der Waals surface area contributed by atoms with Gasteiger partial charge in [-0.3, -0.25) is 0 Å². The van der Waals surface area contributed by atoms with Crippen molar-refractivity contribution < 1.29 is 8.42 Å². The maximum absolute atomic E-state index is 11.4. The van der Waals surface area contributed by atoms with Gasteiger partial charge in [-0.05, 0) is 0 Å². The Morgan fingerprint density at radius 2 is 2.19 bits per heavy atom. The number of nitrogens with one attached hydrogen (secondary N) is 1. The van der Waals surface area contributed by atoms with E-state index >= 15 is 0 Å². The maximum Gasteiger partial charge on any atom is 0.156 e. The van der Waals surface area contributed by atoms with Gasteiger partial charge in [-0.1, -0.05) is 20.8 Å². The van der Waals surface area contributed by atoms with E-state index in [2.05, 4.69) is 24.1 Å². The monoisotopic (exact) mass is 262 g/mol. The average Bonchev–Trinajstić information content (AvgIpc) is 2.62. The molecule has 1 aromatic rings. The summed E-state index contributed by atoms with van der Waals surface area (Å²) in [7, 11) is -2.96. The predicted molar refractivity (Wildman–Crippen MR) is 67.3 cm³/mol. The third-order valence-corrected chi connectivity index (χ3v) is 4.84. The number of rotatable bonds is 6. The van der Waals surface area contributed by atoms with Crippen LogP contribution in [0.5, 0.6) is 0 Å². The fraction of sp³-hybridized carbons (Fsp3) is 0.700. The molecule has 1 rings (SSSR count). The molecule has 1 aromatic heterocycles. The van der Waals surface area contributed by atoms with E-state index in [1.807, 2.05) is 0 Å². The molecule has 0 atom stereocenters. The third-order valence-electron chi connectivity index (χ3n) is 2.07. The Balaban J connectivity index is 2.58. The third kappa shape index (κ3) is 4.59. The fourth-order valence-corrected chi connectivity index (χ4v) is 3.19. The molecule has 0 unspecified atom stereocenters. The molecule has 0 saturated carbocycles. The van der Waals surface area contributed by atoms with Gasteiger partial charge in [0.25, 0.3) is 0 Å². The Morgan fingerprint density at radius 3 is 2.75 bits per heavy atom. The van der Waals surface area contributed by atoms with Gasteiger partial charge in [0, 0.05) is 29.4 Å². The van der Waals surface area contributed by atoms with Crippen LogP contribution in [0.25, 0.3) is 0 Å². The van der Waals surface area contributed by atoms with Crippen molar-refractivity contribution in [1.29, 1.82) is 0 Å². The molecule has 0 fully saturated rings. The van der Waals surface area contributed by atoms with Crippen LogP contribution in [-0.2, 0) is 22.1 Å². The second kappa shape index (κ2) is 5.75. The lowest BCUT2D eigenvalue weighted by atomic mass is 10.4. The van der Waals surface area contributed by atoms with Crippen molar-refractivity contribution in [2.24, 2.45) is 0 Å². The van der Waals surface area contributed by atoms with Crippen molar-refractivity contribution in [3.05, 3.63) is 16.1 Å². The zero-order valence-corrected chi connectivity index (χ0v) is 11.5. The van der Waals surface area contributed by atoms with E-state index in [0.717, 1.165) is 11.4 Å². The minimum absolute atomic E-state index is 0.0653. The van der Waals surface area contributed by atoms with Crippen molar-refractivity contribution in [2.45, 2.75) is 39.1 Å². The van der Waals surface area contributed by atoms with Crippen molar-refractivity contribution in [2.75, 3.05) is 5.75 Å². The van der Waals surface area contributed by atoms with Crippen LogP contribution in [-0.4, -0.2) is 25.2 Å². The molecule has 0 radical (unpaired) electrons. The summed E-state index contributed by atoms with van der Waals surface area (Å²) in [6, 6.07) is 0.421. The predicted octanol–water partition coefficient (Wildman–Crippen LogP) is 1.58. The van der Waals surface area contributed by atoms with Crippen LogP contribution in [0.4, 0.5) is 0 Å². The smallest absolute Gasteiger partial charge is 0.156 e. The number of sulfone groups is 1. The molecule has 0 aliphatic carbocycles. The van der Waals surface area contributed by atoms with E-state index in [0.29, 0.717) is 11.0 Å². The number of hydrogen-bond acceptors (Lipinski definition) is 5. The highest BCUT2D eigenvalue weighted by molar-refractivity contribution is 7.90. The molecular formula is C10H18N2O2S2. The van der Waals surface area contributed by atoms with E-state index in [1.54, 1.807) is 13.1 Å². The molecule has 16 heavy (non-hydrogen) atoms. The molecule has 92 valence electrons. The minimum Gasteiger partial charge on any atom is -0.310 e. The Morgan fingerprint density at radius 1 is 1.50 bits per heavy atom. The molecule has 1 N–H and O–H groups in total. The standard InChI is InChI=1S/C10H18N2O2S2/c1-4-16(13,14)7-10-12-6-9(15-10)5-11-8(2)3/h6,8,11H,4-5,7H2,1-3H3. The lowest BCUT2D eigenvalue weighted by Gasteiger charge is -2.04. The molecule has 0 aliphatic heterocycles. The first-order chi connectivity index (χ1) is 7.43. The van der Waals surface area contributed by atoms with Gasteiger partial charge in [-0.25, -0.2) is 13.4 Å². The van der Waals surface area contributed by atoms with Gasteiger partial charge in [0.05, 0.1) is 0 Å². The van der Waals surface area contributed by atoms with Crippen LogP contribution in [0, 0.1) is 0 Å². The summed E-state index contributed by atoms with van der Waals surface area (Å²) >= 11 is 1.46. The fourth-order valence-electron chi connectivity index (χ4n) is 1.09. The Hall–Kier alpha value is -0.460. The van der Waals surface area contributed by atoms with Crippen molar-refractivity contribution in [3.8, 4) is 0 Å². The molecule has 0 saturated heterocycles. The van der Waals surface area contributed by atoms with E-state index in [-0.39, 0.29) is 11.5 Å². The first-order valence-corrected chi connectivity index (χ1v) is 7.94.